The molecule has 4 aromatic carbocycles. The molecule has 0 nitrogen and oxygen atoms in total. The Kier molecular flexibility index (Phi) is 5.78. The van der Waals surface area contributed by atoms with E-state index >= 15 is 0 Å². The molecule has 0 amide bonds. The summed E-state index contributed by atoms with van der Waals surface area (Å²) in [5.74, 6) is 0. The van der Waals surface area contributed by atoms with Gasteiger partial charge < -0.3 is 0 Å². The summed E-state index contributed by atoms with van der Waals surface area (Å²) in [5, 5.41) is 0. The Morgan fingerprint density at radius 1 is 0.561 bits per heavy atom. The van der Waals surface area contributed by atoms with Crippen LogP contribution in [0.3, 0.4) is 0 Å². The van der Waals surface area contributed by atoms with Gasteiger partial charge in [0.15, 0.2) is 0 Å². The van der Waals surface area contributed by atoms with Crippen LogP contribution < -0.4 is 0 Å². The Bertz CT molecular complexity index is 1790. The van der Waals surface area contributed by atoms with Crippen molar-refractivity contribution in [3.05, 3.63) is 129 Å². The van der Waals surface area contributed by atoms with Gasteiger partial charge in [0.25, 0.3) is 0 Å². The van der Waals surface area contributed by atoms with E-state index in [1.165, 1.54) is 70.9 Å². The summed E-state index contributed by atoms with van der Waals surface area (Å²) in [7, 11) is 0. The molecule has 2 aliphatic rings. The maximum atomic E-state index is 2.79. The molecule has 6 rings (SSSR count). The van der Waals surface area contributed by atoms with Crippen molar-refractivity contribution in [2.45, 2.75) is 60.2 Å². The van der Waals surface area contributed by atoms with Gasteiger partial charge in [0.05, 0.1) is 0 Å². The Labute approximate surface area is 243 Å². The number of aryl methyl sites for hydroxylation is 4. The van der Waals surface area contributed by atoms with E-state index in [0.717, 1.165) is 0 Å². The normalized spacial score (nSPS) is 20.1. The summed E-state index contributed by atoms with van der Waals surface area (Å²) in [4.78, 5) is 0. The van der Waals surface area contributed by atoms with Crippen molar-refractivity contribution in [3.63, 3.8) is 0 Å². The molecule has 2 atom stereocenters. The Morgan fingerprint density at radius 2 is 0.902 bits per heavy atom. The molecule has 0 saturated heterocycles. The van der Waals surface area contributed by atoms with Crippen LogP contribution in [0.4, 0.5) is 0 Å². The molecule has 2 unspecified atom stereocenters. The van der Waals surface area contributed by atoms with Crippen LogP contribution in [-0.2, 0) is 14.2 Å². The molecular formula is C39H46HfSi. The molecule has 0 aromatic heterocycles. The number of rotatable bonds is 5. The van der Waals surface area contributed by atoms with E-state index in [-0.39, 0.29) is 0 Å². The number of benzene rings is 4. The monoisotopic (exact) mass is 722 g/mol. The van der Waals surface area contributed by atoms with Crippen LogP contribution in [0.15, 0.2) is 84.9 Å². The number of fused-ring (bicyclic) bond motifs is 2. The first-order valence-corrected chi connectivity index (χ1v) is 41.3. The van der Waals surface area contributed by atoms with E-state index in [1.807, 2.05) is 0 Å². The molecule has 41 heavy (non-hydrogen) atoms. The van der Waals surface area contributed by atoms with E-state index in [1.54, 1.807) is 0 Å². The topological polar surface area (TPSA) is 0 Å². The molecule has 4 aromatic rings. The van der Waals surface area contributed by atoms with Crippen molar-refractivity contribution in [2.75, 3.05) is 0 Å². The molecule has 0 fully saturated rings. The molecular weight excluding hydrogens is 675 g/mol. The van der Waals surface area contributed by atoms with Gasteiger partial charge in [-0.1, -0.05) is 0 Å². The number of hydrogen-bond donors (Lipinski definition) is 0. The summed E-state index contributed by atoms with van der Waals surface area (Å²) in [6, 6.07) is 27.6. The summed E-state index contributed by atoms with van der Waals surface area (Å²) in [6.07, 6.45) is 10.2. The van der Waals surface area contributed by atoms with Crippen LogP contribution in [0.25, 0.3) is 34.4 Å². The summed E-state index contributed by atoms with van der Waals surface area (Å²) < 4.78 is 10.4. The van der Waals surface area contributed by atoms with E-state index in [0.29, 0.717) is 7.35 Å². The van der Waals surface area contributed by atoms with Crippen LogP contribution >= 0.6 is 0 Å². The van der Waals surface area contributed by atoms with Gasteiger partial charge in [0.1, 0.15) is 0 Å². The van der Waals surface area contributed by atoms with Gasteiger partial charge in [-0.15, -0.1) is 0 Å². The minimum absolute atomic E-state index is 0.423. The van der Waals surface area contributed by atoms with Gasteiger partial charge in [-0.25, -0.2) is 0 Å². The molecule has 2 aliphatic carbocycles. The predicted octanol–water partition coefficient (Wildman–Crippen LogP) is 11.0. The van der Waals surface area contributed by atoms with Gasteiger partial charge in [0.2, 0.25) is 0 Å². The third-order valence-electron chi connectivity index (χ3n) is 12.2. The van der Waals surface area contributed by atoms with E-state index in [2.05, 4.69) is 153 Å². The molecule has 2 heteroatoms. The van der Waals surface area contributed by atoms with E-state index in [9.17, 15) is 0 Å². The average Bonchev–Trinajstić information content (AvgIpc) is 3.56. The van der Waals surface area contributed by atoms with Crippen molar-refractivity contribution in [2.24, 2.45) is 0 Å². The van der Waals surface area contributed by atoms with Crippen LogP contribution in [0, 0.1) is 27.7 Å². The predicted molar refractivity (Wildman–Crippen MR) is 183 cm³/mol. The van der Waals surface area contributed by atoms with Crippen LogP contribution in [0.1, 0.15) is 58.8 Å². The molecule has 0 heterocycles. The fraction of sp³-hybridized carbons (Fsp3) is 0.282. The van der Waals surface area contributed by atoms with Crippen LogP contribution in [0.5, 0.6) is 0 Å². The summed E-state index contributed by atoms with van der Waals surface area (Å²) in [6.45, 7) is 14.0. The van der Waals surface area contributed by atoms with Gasteiger partial charge in [0, 0.05) is 0 Å². The van der Waals surface area contributed by atoms with Crippen molar-refractivity contribution >= 4 is 19.1 Å². The van der Waals surface area contributed by atoms with Crippen LogP contribution in [-0.4, -0.2) is 6.94 Å². The van der Waals surface area contributed by atoms with Crippen molar-refractivity contribution in [1.82, 2.24) is 0 Å². The fourth-order valence-corrected chi connectivity index (χ4v) is 39.7. The molecule has 0 spiro atoms. The first kappa shape index (κ1) is 28.6. The van der Waals surface area contributed by atoms with E-state index < -0.39 is 14.2 Å². The second kappa shape index (κ2) is 8.29. The summed E-state index contributed by atoms with van der Waals surface area (Å²) in [5.41, 5.74) is 16.9. The second-order valence-electron chi connectivity index (χ2n) is 16.8. The Hall–Kier alpha value is -2.55. The molecule has 0 radical (unpaired) electrons. The quantitative estimate of drug-likeness (QED) is 0.180. The zero-order valence-corrected chi connectivity index (χ0v) is 31.3. The van der Waals surface area contributed by atoms with Crippen molar-refractivity contribution < 1.29 is 14.2 Å². The SMILES string of the molecule is C[CH2][Hf]([CH3])([CH3])([CH3])(=[SiH2])([CH]1C=Cc2c(-c3c(C)cccc3C)cccc21)[CH]1C=Cc2c(-c3c(C)cccc3C)cccc21. The van der Waals surface area contributed by atoms with E-state index in [4.69, 9.17) is 0 Å². The van der Waals surface area contributed by atoms with Crippen molar-refractivity contribution in [3.8, 4) is 22.3 Å². The van der Waals surface area contributed by atoms with Crippen molar-refractivity contribution in [1.29, 1.82) is 0 Å². The third kappa shape index (κ3) is 3.93. The fourth-order valence-electron chi connectivity index (χ4n) is 8.73. The Balaban J connectivity index is 1.58. The third-order valence-corrected chi connectivity index (χ3v) is 61.8. The minimum atomic E-state index is -4.83. The first-order chi connectivity index (χ1) is 19.1. The standard InChI is InChI=1S/2C17H15.C2H5.3CH3.Hf.H2Si/c2*1-12-6-3-7-13(2)17(12)16-11-5-9-14-8-4-10-15(14)16;1-2;;;;;/h2*3-11H,1-2H3;1H2,2H3;3*1H3;;1H2. The van der Waals surface area contributed by atoms with Gasteiger partial charge in [-0.05, 0) is 0 Å². The van der Waals surface area contributed by atoms with Gasteiger partial charge in [-0.2, -0.15) is 0 Å². The number of allylic oxidation sites excluding steroid dienone is 2. The molecule has 210 valence electrons. The zero-order valence-electron chi connectivity index (χ0n) is 26.3. The average molecular weight is 721 g/mol. The van der Waals surface area contributed by atoms with Gasteiger partial charge in [-0.3, -0.25) is 0 Å². The molecule has 0 N–H and O–H groups in total. The number of hydrogen-bond acceptors (Lipinski definition) is 0. The summed E-state index contributed by atoms with van der Waals surface area (Å²) >= 11 is -4.83. The Morgan fingerprint density at radius 3 is 1.24 bits per heavy atom. The van der Waals surface area contributed by atoms with Gasteiger partial charge >= 0.3 is 245 Å². The second-order valence-corrected chi connectivity index (χ2v) is 99.2. The maximum absolute atomic E-state index is 4.83. The molecule has 0 aliphatic heterocycles. The van der Waals surface area contributed by atoms with Crippen LogP contribution in [0.2, 0.25) is 18.2 Å². The zero-order chi connectivity index (χ0) is 29.5. The molecule has 0 bridgehead atoms. The first-order valence-electron chi connectivity index (χ1n) is 15.5. The molecule has 0 saturated carbocycles.